The van der Waals surface area contributed by atoms with Gasteiger partial charge in [-0.05, 0) is 50.5 Å². The number of anilines is 1. The lowest BCUT2D eigenvalue weighted by Crippen LogP contribution is -2.20. The highest BCUT2D eigenvalue weighted by Crippen LogP contribution is 2.32. The zero-order valence-corrected chi connectivity index (χ0v) is 16.5. The molecule has 0 spiro atoms. The first-order valence-electron chi connectivity index (χ1n) is 9.79. The summed E-state index contributed by atoms with van der Waals surface area (Å²) in [5.74, 6) is -0.105. The molecule has 1 fully saturated rings. The molecule has 0 unspecified atom stereocenters. The molecule has 2 amide bonds. The standard InChI is InChI=1S/C22H29N3O2/c1-15-13-20(16(2)25(15)19-7-5-4-6-8-19)22(27)24-18-11-9-17(10-12-18)14-21(26)23-3/h9-13,19H,4-8,14H2,1-3H3,(H,23,26)(H,24,27). The number of benzene rings is 1. The minimum Gasteiger partial charge on any atom is -0.359 e. The number of aryl methyl sites for hydroxylation is 1. The Balaban J connectivity index is 1.72. The maximum Gasteiger partial charge on any atom is 0.257 e. The minimum atomic E-state index is -0.0794. The summed E-state index contributed by atoms with van der Waals surface area (Å²) >= 11 is 0. The second-order valence-electron chi connectivity index (χ2n) is 7.45. The molecular formula is C22H29N3O2. The van der Waals surface area contributed by atoms with Gasteiger partial charge in [0, 0.05) is 30.2 Å². The monoisotopic (exact) mass is 367 g/mol. The molecule has 1 aromatic carbocycles. The van der Waals surface area contributed by atoms with E-state index in [0.29, 0.717) is 12.5 Å². The highest BCUT2D eigenvalue weighted by atomic mass is 16.2. The van der Waals surface area contributed by atoms with Crippen LogP contribution in [-0.4, -0.2) is 23.4 Å². The smallest absolute Gasteiger partial charge is 0.257 e. The fraction of sp³-hybridized carbons (Fsp3) is 0.455. The van der Waals surface area contributed by atoms with Crippen LogP contribution in [0.25, 0.3) is 0 Å². The number of likely N-dealkylation sites (N-methyl/N-ethyl adjacent to an activating group) is 1. The molecule has 1 aliphatic rings. The number of hydrogen-bond donors (Lipinski definition) is 2. The predicted octanol–water partition coefficient (Wildman–Crippen LogP) is 4.15. The van der Waals surface area contributed by atoms with Crippen molar-refractivity contribution in [3.05, 3.63) is 52.8 Å². The lowest BCUT2D eigenvalue weighted by molar-refractivity contribution is -0.119. The van der Waals surface area contributed by atoms with Crippen molar-refractivity contribution in [3.8, 4) is 0 Å². The summed E-state index contributed by atoms with van der Waals surface area (Å²) in [5.41, 5.74) is 4.61. The van der Waals surface area contributed by atoms with Gasteiger partial charge < -0.3 is 15.2 Å². The molecule has 0 saturated heterocycles. The van der Waals surface area contributed by atoms with Crippen molar-refractivity contribution in [2.45, 2.75) is 58.4 Å². The topological polar surface area (TPSA) is 63.1 Å². The summed E-state index contributed by atoms with van der Waals surface area (Å²) in [7, 11) is 1.63. The van der Waals surface area contributed by atoms with Gasteiger partial charge in [-0.15, -0.1) is 0 Å². The summed E-state index contributed by atoms with van der Waals surface area (Å²) in [6.45, 7) is 4.13. The van der Waals surface area contributed by atoms with Crippen LogP contribution >= 0.6 is 0 Å². The highest BCUT2D eigenvalue weighted by molar-refractivity contribution is 6.05. The van der Waals surface area contributed by atoms with Gasteiger partial charge in [0.15, 0.2) is 0 Å². The van der Waals surface area contributed by atoms with E-state index in [4.69, 9.17) is 0 Å². The van der Waals surface area contributed by atoms with E-state index in [2.05, 4.69) is 22.1 Å². The van der Waals surface area contributed by atoms with Gasteiger partial charge in [0.05, 0.1) is 12.0 Å². The average molecular weight is 367 g/mol. The van der Waals surface area contributed by atoms with Gasteiger partial charge in [-0.1, -0.05) is 31.4 Å². The number of hydrogen-bond acceptors (Lipinski definition) is 2. The number of nitrogens with one attached hydrogen (secondary N) is 2. The van der Waals surface area contributed by atoms with Gasteiger partial charge in [0.2, 0.25) is 5.91 Å². The Kier molecular flexibility index (Phi) is 5.99. The van der Waals surface area contributed by atoms with E-state index >= 15 is 0 Å². The van der Waals surface area contributed by atoms with Gasteiger partial charge in [-0.2, -0.15) is 0 Å². The van der Waals surface area contributed by atoms with Crippen LogP contribution in [0.1, 0.15) is 65.5 Å². The van der Waals surface area contributed by atoms with Crippen molar-refractivity contribution in [2.24, 2.45) is 0 Å². The molecule has 0 bridgehead atoms. The van der Waals surface area contributed by atoms with Crippen molar-refractivity contribution < 1.29 is 9.59 Å². The Morgan fingerprint density at radius 3 is 2.37 bits per heavy atom. The average Bonchev–Trinajstić information content (AvgIpc) is 2.98. The molecule has 2 N–H and O–H groups in total. The van der Waals surface area contributed by atoms with E-state index in [9.17, 15) is 9.59 Å². The van der Waals surface area contributed by atoms with Gasteiger partial charge >= 0.3 is 0 Å². The number of aromatic nitrogens is 1. The molecule has 1 aromatic heterocycles. The lowest BCUT2D eigenvalue weighted by atomic mass is 9.95. The molecular weight excluding hydrogens is 338 g/mol. The number of carbonyl (C=O) groups excluding carboxylic acids is 2. The fourth-order valence-corrected chi connectivity index (χ4v) is 4.09. The quantitative estimate of drug-likeness (QED) is 0.834. The molecule has 0 radical (unpaired) electrons. The van der Waals surface area contributed by atoms with Crippen LogP contribution in [0, 0.1) is 13.8 Å². The largest absolute Gasteiger partial charge is 0.359 e. The van der Waals surface area contributed by atoms with Crippen molar-refractivity contribution in [1.82, 2.24) is 9.88 Å². The fourth-order valence-electron chi connectivity index (χ4n) is 4.09. The summed E-state index contributed by atoms with van der Waals surface area (Å²) in [6.07, 6.45) is 6.60. The molecule has 27 heavy (non-hydrogen) atoms. The minimum absolute atomic E-state index is 0.0260. The van der Waals surface area contributed by atoms with Crippen LogP contribution in [0.2, 0.25) is 0 Å². The van der Waals surface area contributed by atoms with E-state index in [1.807, 2.05) is 37.3 Å². The summed E-state index contributed by atoms with van der Waals surface area (Å²) in [6, 6.07) is 9.95. The van der Waals surface area contributed by atoms with E-state index < -0.39 is 0 Å². The zero-order chi connectivity index (χ0) is 19.4. The zero-order valence-electron chi connectivity index (χ0n) is 16.5. The van der Waals surface area contributed by atoms with Crippen molar-refractivity contribution in [1.29, 1.82) is 0 Å². The number of rotatable bonds is 5. The summed E-state index contributed by atoms with van der Waals surface area (Å²) in [4.78, 5) is 24.3. The van der Waals surface area contributed by atoms with Gasteiger partial charge in [-0.3, -0.25) is 9.59 Å². The summed E-state index contributed by atoms with van der Waals surface area (Å²) in [5, 5.41) is 5.60. The Morgan fingerprint density at radius 1 is 1.07 bits per heavy atom. The number of carbonyl (C=O) groups is 2. The normalized spacial score (nSPS) is 14.8. The number of amides is 2. The maximum absolute atomic E-state index is 12.8. The molecule has 144 valence electrons. The van der Waals surface area contributed by atoms with Crippen LogP contribution in [0.5, 0.6) is 0 Å². The van der Waals surface area contributed by atoms with Gasteiger partial charge in [-0.25, -0.2) is 0 Å². The lowest BCUT2D eigenvalue weighted by Gasteiger charge is -2.26. The van der Waals surface area contributed by atoms with Gasteiger partial charge in [0.25, 0.3) is 5.91 Å². The first-order valence-corrected chi connectivity index (χ1v) is 9.79. The Morgan fingerprint density at radius 2 is 1.74 bits per heavy atom. The molecule has 1 heterocycles. The molecule has 2 aromatic rings. The second kappa shape index (κ2) is 8.42. The van der Waals surface area contributed by atoms with E-state index in [-0.39, 0.29) is 11.8 Å². The third-order valence-corrected chi connectivity index (χ3v) is 5.52. The molecule has 0 atom stereocenters. The van der Waals surface area contributed by atoms with Crippen LogP contribution in [0.4, 0.5) is 5.69 Å². The van der Waals surface area contributed by atoms with Crippen molar-refractivity contribution in [2.75, 3.05) is 12.4 Å². The van der Waals surface area contributed by atoms with Crippen molar-refractivity contribution >= 4 is 17.5 Å². The third kappa shape index (κ3) is 4.41. The Labute approximate surface area is 161 Å². The van der Waals surface area contributed by atoms with E-state index in [0.717, 1.165) is 28.2 Å². The molecule has 5 nitrogen and oxygen atoms in total. The number of nitrogens with zero attached hydrogens (tertiary/aromatic N) is 1. The van der Waals surface area contributed by atoms with E-state index in [1.165, 1.54) is 32.1 Å². The second-order valence-corrected chi connectivity index (χ2v) is 7.45. The van der Waals surface area contributed by atoms with Crippen molar-refractivity contribution in [3.63, 3.8) is 0 Å². The Bertz CT molecular complexity index is 815. The molecule has 5 heteroatoms. The molecule has 1 saturated carbocycles. The van der Waals surface area contributed by atoms with Crippen LogP contribution in [0.3, 0.4) is 0 Å². The molecule has 0 aliphatic heterocycles. The third-order valence-electron chi connectivity index (χ3n) is 5.52. The van der Waals surface area contributed by atoms with Gasteiger partial charge in [0.1, 0.15) is 0 Å². The van der Waals surface area contributed by atoms with Crippen LogP contribution < -0.4 is 10.6 Å². The first kappa shape index (κ1) is 19.2. The predicted molar refractivity (Wildman–Crippen MR) is 108 cm³/mol. The van der Waals surface area contributed by atoms with Crippen LogP contribution in [-0.2, 0) is 11.2 Å². The van der Waals surface area contributed by atoms with E-state index in [1.54, 1.807) is 7.05 Å². The highest BCUT2D eigenvalue weighted by Gasteiger charge is 2.22. The Hall–Kier alpha value is -2.56. The first-order chi connectivity index (χ1) is 13.0. The SMILES string of the molecule is CNC(=O)Cc1ccc(NC(=O)c2cc(C)n(C3CCCCC3)c2C)cc1. The molecule has 3 rings (SSSR count). The van der Waals surface area contributed by atoms with Crippen LogP contribution in [0.15, 0.2) is 30.3 Å². The molecule has 1 aliphatic carbocycles. The summed E-state index contributed by atoms with van der Waals surface area (Å²) < 4.78 is 2.35. The maximum atomic E-state index is 12.8.